The number of rotatable bonds is 2. The molecule has 2 aromatic carbocycles. The Morgan fingerprint density at radius 2 is 1.82 bits per heavy atom. The smallest absolute Gasteiger partial charge is 0.280 e. The Morgan fingerprint density at radius 3 is 2.59 bits per heavy atom. The molecule has 44 heavy (non-hydrogen) atoms. The average Bonchev–Trinajstić information content (AvgIpc) is 3.34. The Morgan fingerprint density at radius 1 is 1.05 bits per heavy atom. The van der Waals surface area contributed by atoms with Gasteiger partial charge in [0.15, 0.2) is 11.4 Å². The van der Waals surface area contributed by atoms with Crippen LogP contribution >= 0.6 is 11.3 Å². The summed E-state index contributed by atoms with van der Waals surface area (Å²) in [6.45, 7) is 0.750. The number of hydrogen-bond donors (Lipinski definition) is 1. The Balaban J connectivity index is 1.48. The summed E-state index contributed by atoms with van der Waals surface area (Å²) in [5.74, 6) is -10.3. The number of pyridine rings is 1. The monoisotopic (exact) mass is 625 g/mol. The quantitative estimate of drug-likeness (QED) is 0.254. The summed E-state index contributed by atoms with van der Waals surface area (Å²) in [7, 11) is 0. The molecule has 2 aliphatic carbocycles. The van der Waals surface area contributed by atoms with Gasteiger partial charge in [-0.2, -0.15) is 0 Å². The molecule has 0 spiro atoms. The van der Waals surface area contributed by atoms with Gasteiger partial charge in [0.2, 0.25) is 11.4 Å². The maximum Gasteiger partial charge on any atom is 0.280 e. The largest absolute Gasteiger partial charge is 0.502 e. The number of amides is 1. The van der Waals surface area contributed by atoms with Gasteiger partial charge in [-0.05, 0) is 53.5 Å². The number of carbonyl (C=O) groups excluding carboxylic acids is 1. The summed E-state index contributed by atoms with van der Waals surface area (Å²) in [6.07, 6.45) is -0.581. The molecule has 226 valence electrons. The summed E-state index contributed by atoms with van der Waals surface area (Å²) in [4.78, 5) is 28.4. The lowest BCUT2D eigenvalue weighted by Crippen LogP contribution is -2.65. The first kappa shape index (κ1) is 27.4. The Kier molecular flexibility index (Phi) is 5.56. The highest BCUT2D eigenvalue weighted by Gasteiger charge is 2.52. The maximum absolute atomic E-state index is 15.8. The van der Waals surface area contributed by atoms with Crippen LogP contribution in [0.15, 0.2) is 58.8 Å². The second kappa shape index (κ2) is 8.93. The molecular weight excluding hydrogens is 601 g/mol. The minimum atomic E-state index is -3.52. The van der Waals surface area contributed by atoms with E-state index in [1.807, 2.05) is 6.07 Å². The number of carbonyl (C=O) groups is 1. The van der Waals surface area contributed by atoms with Crippen LogP contribution in [0.2, 0.25) is 0 Å². The predicted octanol–water partition coefficient (Wildman–Crippen LogP) is 6.62. The van der Waals surface area contributed by atoms with E-state index in [2.05, 4.69) is 0 Å². The molecule has 8 rings (SSSR count). The molecule has 1 amide bonds. The van der Waals surface area contributed by atoms with Gasteiger partial charge in [-0.3, -0.25) is 19.3 Å². The lowest BCUT2D eigenvalue weighted by Gasteiger charge is -2.53. The number of aromatic hydroxyl groups is 1. The van der Waals surface area contributed by atoms with Crippen LogP contribution in [0.1, 0.15) is 58.5 Å². The maximum atomic E-state index is 15.8. The van der Waals surface area contributed by atoms with E-state index < -0.39 is 64.9 Å². The molecule has 12 heteroatoms. The van der Waals surface area contributed by atoms with E-state index in [9.17, 15) is 23.5 Å². The Labute approximate surface area is 251 Å². The van der Waals surface area contributed by atoms with E-state index in [0.29, 0.717) is 32.7 Å². The number of benzene rings is 2. The van der Waals surface area contributed by atoms with Crippen LogP contribution in [-0.2, 0) is 12.3 Å². The minimum Gasteiger partial charge on any atom is -0.502 e. The summed E-state index contributed by atoms with van der Waals surface area (Å²) in [5.41, 5.74) is 0.661. The summed E-state index contributed by atoms with van der Waals surface area (Å²) < 4.78 is 77.9. The van der Waals surface area contributed by atoms with Gasteiger partial charge in [0, 0.05) is 47.2 Å². The summed E-state index contributed by atoms with van der Waals surface area (Å²) >= 11 is 1.28. The number of nitrogens with zero attached hydrogens (tertiary/aromatic N) is 3. The molecule has 4 aliphatic rings. The number of hydrogen-bond acceptors (Lipinski definition) is 5. The van der Waals surface area contributed by atoms with Crippen molar-refractivity contribution in [1.29, 1.82) is 0 Å². The van der Waals surface area contributed by atoms with Gasteiger partial charge >= 0.3 is 0 Å². The van der Waals surface area contributed by atoms with E-state index in [0.717, 1.165) is 19.1 Å². The molecule has 0 saturated carbocycles. The number of piperidine rings is 1. The third-order valence-electron chi connectivity index (χ3n) is 9.50. The van der Waals surface area contributed by atoms with Gasteiger partial charge in [-0.15, -0.1) is 11.3 Å². The van der Waals surface area contributed by atoms with Gasteiger partial charge in [-0.25, -0.2) is 22.0 Å². The van der Waals surface area contributed by atoms with Gasteiger partial charge in [0.1, 0.15) is 12.0 Å². The van der Waals surface area contributed by atoms with Crippen molar-refractivity contribution in [2.45, 2.75) is 50.2 Å². The molecule has 6 nitrogen and oxygen atoms in total. The zero-order chi connectivity index (χ0) is 30.9. The fraction of sp³-hybridized carbons (Fsp3) is 0.312. The fourth-order valence-corrected chi connectivity index (χ4v) is 8.67. The lowest BCUT2D eigenvalue weighted by atomic mass is 9.80. The van der Waals surface area contributed by atoms with E-state index >= 15 is 13.2 Å². The number of fused-ring (bicyclic) bond motifs is 4. The zero-order valence-corrected chi connectivity index (χ0v) is 24.0. The van der Waals surface area contributed by atoms with Crippen molar-refractivity contribution in [3.63, 3.8) is 0 Å². The number of thiophene rings is 1. The van der Waals surface area contributed by atoms with Crippen molar-refractivity contribution in [2.75, 3.05) is 11.6 Å². The van der Waals surface area contributed by atoms with Crippen LogP contribution in [-0.4, -0.2) is 39.2 Å². The Hall–Kier alpha value is -4.19. The molecule has 4 aromatic rings. The first-order valence-electron chi connectivity index (χ1n) is 14.2. The van der Waals surface area contributed by atoms with Crippen LogP contribution in [0.25, 0.3) is 21.6 Å². The molecule has 2 aromatic heterocycles. The lowest BCUT2D eigenvalue weighted by molar-refractivity contribution is -0.0744. The van der Waals surface area contributed by atoms with E-state index in [4.69, 9.17) is 0 Å². The highest BCUT2D eigenvalue weighted by Crippen LogP contribution is 2.58. The topological polar surface area (TPSA) is 65.8 Å². The molecular formula is C32H24F5N3O3S. The fourth-order valence-electron chi connectivity index (χ4n) is 7.54. The predicted molar refractivity (Wildman–Crippen MR) is 153 cm³/mol. The third kappa shape index (κ3) is 3.57. The number of alkyl halides is 4. The van der Waals surface area contributed by atoms with Gasteiger partial charge < -0.3 is 10.0 Å². The van der Waals surface area contributed by atoms with Crippen molar-refractivity contribution in [1.82, 2.24) is 9.58 Å². The van der Waals surface area contributed by atoms with Crippen molar-refractivity contribution in [3.8, 4) is 27.3 Å². The van der Waals surface area contributed by atoms with Gasteiger partial charge in [0.25, 0.3) is 11.8 Å². The molecule has 4 heterocycles. The second-order valence-corrected chi connectivity index (χ2v) is 12.9. The van der Waals surface area contributed by atoms with Gasteiger partial charge in [0.05, 0.1) is 11.6 Å². The van der Waals surface area contributed by atoms with Crippen molar-refractivity contribution >= 4 is 17.2 Å². The summed E-state index contributed by atoms with van der Waals surface area (Å²) in [6, 6.07) is 9.70. The van der Waals surface area contributed by atoms with E-state index in [1.165, 1.54) is 33.2 Å². The van der Waals surface area contributed by atoms with Crippen LogP contribution in [0.4, 0.5) is 22.0 Å². The number of aromatic nitrogens is 1. The SMILES string of the molecule is CC(F)(F)C1CCN2C(=O)c3c(O)c(=O)ccn3N(C3c4ccccc4-c4scc5c4-c4c3ccc(F)c4C(F)(F)C5)C2C1. The molecule has 1 fully saturated rings. The molecule has 1 saturated heterocycles. The second-order valence-electron chi connectivity index (χ2n) is 12.0. The zero-order valence-electron chi connectivity index (χ0n) is 23.2. The van der Waals surface area contributed by atoms with E-state index in [1.54, 1.807) is 28.6 Å². The number of halogens is 5. The summed E-state index contributed by atoms with van der Waals surface area (Å²) in [5, 5.41) is 14.2. The molecule has 0 bridgehead atoms. The van der Waals surface area contributed by atoms with Crippen LogP contribution in [0, 0.1) is 11.7 Å². The standard InChI is InChI=1S/C32H24F5N3O3S/c1-31(34,35)16-8-10-38-22(12-16)40(39-11-9-21(41)28(42)27(39)30(38)43)26-17-4-2-3-5-18(17)29-23-15(14-44-29)13-32(36,37)25-20(33)7-6-19(26)24(23)25/h2-7,9,11,14,16,22,26,42H,8,10,12-13H2,1H3. The molecule has 3 unspecified atom stereocenters. The van der Waals surface area contributed by atoms with Crippen LogP contribution in [0.5, 0.6) is 5.75 Å². The third-order valence-corrected chi connectivity index (χ3v) is 10.6. The minimum absolute atomic E-state index is 0.0164. The van der Waals surface area contributed by atoms with Crippen LogP contribution in [0.3, 0.4) is 0 Å². The highest BCUT2D eigenvalue weighted by molar-refractivity contribution is 7.14. The van der Waals surface area contributed by atoms with Crippen molar-refractivity contribution in [3.05, 3.63) is 98.0 Å². The van der Waals surface area contributed by atoms with Crippen molar-refractivity contribution < 1.29 is 31.9 Å². The van der Waals surface area contributed by atoms with Crippen molar-refractivity contribution in [2.24, 2.45) is 5.92 Å². The van der Waals surface area contributed by atoms with Crippen LogP contribution < -0.4 is 10.4 Å². The molecule has 3 atom stereocenters. The van der Waals surface area contributed by atoms with Gasteiger partial charge in [-0.1, -0.05) is 30.3 Å². The molecule has 2 aliphatic heterocycles. The first-order chi connectivity index (χ1) is 20.9. The van der Waals surface area contributed by atoms with E-state index in [-0.39, 0.29) is 30.6 Å². The highest BCUT2D eigenvalue weighted by atomic mass is 32.1. The average molecular weight is 626 g/mol. The molecule has 1 N–H and O–H groups in total. The normalized spacial score (nSPS) is 23.0. The molecule has 0 radical (unpaired) electrons. The first-order valence-corrected chi connectivity index (χ1v) is 15.1. The Bertz CT molecular complexity index is 1970.